The van der Waals surface area contributed by atoms with Gasteiger partial charge in [0.05, 0.1) is 16.8 Å². The van der Waals surface area contributed by atoms with Crippen LogP contribution in [-0.2, 0) is 5.41 Å². The van der Waals surface area contributed by atoms with E-state index in [0.29, 0.717) is 0 Å². The van der Waals surface area contributed by atoms with E-state index in [4.69, 9.17) is 4.74 Å². The minimum atomic E-state index is 0.217. The van der Waals surface area contributed by atoms with Crippen molar-refractivity contribution in [2.24, 2.45) is 0 Å². The molecule has 0 fully saturated rings. The monoisotopic (exact) mass is 344 g/mol. The van der Waals surface area contributed by atoms with Crippen LogP contribution >= 0.6 is 38.6 Å². The van der Waals surface area contributed by atoms with Gasteiger partial charge in [-0.3, -0.25) is 0 Å². The Morgan fingerprint density at radius 2 is 1.94 bits per heavy atom. The van der Waals surface area contributed by atoms with Crippen molar-refractivity contribution in [2.45, 2.75) is 31.0 Å². The summed E-state index contributed by atoms with van der Waals surface area (Å²) in [7, 11) is 1.72. The Kier molecular flexibility index (Phi) is 4.19. The number of hydrogen-bond donors (Lipinski definition) is 0. The number of ether oxygens (including phenoxy) is 1. The summed E-state index contributed by atoms with van der Waals surface area (Å²) in [6, 6.07) is 6.46. The first kappa shape index (κ1) is 14.1. The van der Waals surface area contributed by atoms with E-state index in [1.807, 2.05) is 17.4 Å². The molecular weight excluding hydrogens is 328 g/mol. The minimum absolute atomic E-state index is 0.217. The molecule has 18 heavy (non-hydrogen) atoms. The fourth-order valence-corrected chi connectivity index (χ4v) is 4.65. The van der Waals surface area contributed by atoms with Crippen molar-refractivity contribution in [1.82, 2.24) is 0 Å². The summed E-state index contributed by atoms with van der Waals surface area (Å²) < 4.78 is 5.39. The maximum atomic E-state index is 5.39. The zero-order valence-corrected chi connectivity index (χ0v) is 14.2. The standard InChI is InChI=1S/C14H17BrOS2/c1-14(2,3)11-6-5-10(18-11)12(15)13-9(16-4)7-8-17-13/h5-8,12H,1-4H3. The van der Waals surface area contributed by atoms with E-state index in [1.54, 1.807) is 18.4 Å². The van der Waals surface area contributed by atoms with Gasteiger partial charge in [-0.15, -0.1) is 22.7 Å². The summed E-state index contributed by atoms with van der Waals surface area (Å²) in [6.07, 6.45) is 0. The summed E-state index contributed by atoms with van der Waals surface area (Å²) in [5.41, 5.74) is 0.217. The highest BCUT2D eigenvalue weighted by Crippen LogP contribution is 2.44. The van der Waals surface area contributed by atoms with Gasteiger partial charge in [0, 0.05) is 9.75 Å². The van der Waals surface area contributed by atoms with Gasteiger partial charge < -0.3 is 4.74 Å². The molecule has 0 aliphatic rings. The molecule has 0 amide bonds. The lowest BCUT2D eigenvalue weighted by atomic mass is 9.95. The molecule has 2 rings (SSSR count). The molecular formula is C14H17BrOS2. The largest absolute Gasteiger partial charge is 0.496 e. The lowest BCUT2D eigenvalue weighted by Crippen LogP contribution is -2.07. The number of methoxy groups -OCH3 is 1. The van der Waals surface area contributed by atoms with Crippen LogP contribution in [0, 0.1) is 0 Å². The van der Waals surface area contributed by atoms with Crippen LogP contribution in [0.3, 0.4) is 0 Å². The van der Waals surface area contributed by atoms with Crippen molar-refractivity contribution in [3.8, 4) is 5.75 Å². The third-order valence-corrected chi connectivity index (χ3v) is 6.82. The van der Waals surface area contributed by atoms with Gasteiger partial charge in [-0.25, -0.2) is 0 Å². The van der Waals surface area contributed by atoms with Crippen LogP contribution in [0.25, 0.3) is 0 Å². The summed E-state index contributed by atoms with van der Waals surface area (Å²) in [5, 5.41) is 2.07. The Balaban J connectivity index is 2.29. The van der Waals surface area contributed by atoms with Crippen LogP contribution in [-0.4, -0.2) is 7.11 Å². The van der Waals surface area contributed by atoms with Gasteiger partial charge in [0.15, 0.2) is 0 Å². The molecule has 1 atom stereocenters. The number of hydrogen-bond acceptors (Lipinski definition) is 3. The molecule has 0 aliphatic heterocycles. The maximum absolute atomic E-state index is 5.39. The minimum Gasteiger partial charge on any atom is -0.496 e. The fraction of sp³-hybridized carbons (Fsp3) is 0.429. The Morgan fingerprint density at radius 3 is 2.50 bits per heavy atom. The summed E-state index contributed by atoms with van der Waals surface area (Å²) in [6.45, 7) is 6.74. The number of thiophene rings is 2. The zero-order valence-electron chi connectivity index (χ0n) is 11.0. The van der Waals surface area contributed by atoms with Gasteiger partial charge in [0.2, 0.25) is 0 Å². The van der Waals surface area contributed by atoms with Crippen LogP contribution in [0.4, 0.5) is 0 Å². The van der Waals surface area contributed by atoms with Crippen LogP contribution in [0.1, 0.15) is 40.2 Å². The highest BCUT2D eigenvalue weighted by atomic mass is 79.9. The molecule has 0 bridgehead atoms. The van der Waals surface area contributed by atoms with Gasteiger partial charge >= 0.3 is 0 Å². The first-order chi connectivity index (χ1) is 8.43. The lowest BCUT2D eigenvalue weighted by Gasteiger charge is -2.15. The summed E-state index contributed by atoms with van der Waals surface area (Å²) in [5.74, 6) is 0.965. The Bertz CT molecular complexity index is 522. The zero-order chi connectivity index (χ0) is 13.3. The Morgan fingerprint density at radius 1 is 1.22 bits per heavy atom. The van der Waals surface area contributed by atoms with Crippen molar-refractivity contribution in [1.29, 1.82) is 0 Å². The van der Waals surface area contributed by atoms with Gasteiger partial charge in [-0.1, -0.05) is 36.7 Å². The Labute approximate surface area is 125 Å². The quantitative estimate of drug-likeness (QED) is 0.658. The predicted molar refractivity (Wildman–Crippen MR) is 84.7 cm³/mol. The molecule has 0 aromatic carbocycles. The van der Waals surface area contributed by atoms with Crippen molar-refractivity contribution in [2.75, 3.05) is 7.11 Å². The molecule has 2 aromatic rings. The molecule has 0 aliphatic carbocycles. The van der Waals surface area contributed by atoms with E-state index in [1.165, 1.54) is 14.6 Å². The molecule has 2 heterocycles. The molecule has 0 saturated carbocycles. The molecule has 1 unspecified atom stereocenters. The highest BCUT2D eigenvalue weighted by Gasteiger charge is 2.22. The second-order valence-electron chi connectivity index (χ2n) is 5.17. The van der Waals surface area contributed by atoms with Crippen LogP contribution in [0.5, 0.6) is 5.75 Å². The summed E-state index contributed by atoms with van der Waals surface area (Å²) >= 11 is 7.38. The van der Waals surface area contributed by atoms with Gasteiger partial charge in [0.25, 0.3) is 0 Å². The number of halogens is 1. The molecule has 4 heteroatoms. The second kappa shape index (κ2) is 5.35. The van der Waals surface area contributed by atoms with Crippen LogP contribution in [0.15, 0.2) is 23.6 Å². The van der Waals surface area contributed by atoms with E-state index in [-0.39, 0.29) is 10.2 Å². The van der Waals surface area contributed by atoms with E-state index >= 15 is 0 Å². The molecule has 98 valence electrons. The van der Waals surface area contributed by atoms with Crippen molar-refractivity contribution >= 4 is 38.6 Å². The predicted octanol–water partition coefficient (Wildman–Crippen LogP) is 5.60. The van der Waals surface area contributed by atoms with Crippen molar-refractivity contribution < 1.29 is 4.74 Å². The topological polar surface area (TPSA) is 9.23 Å². The third kappa shape index (κ3) is 2.81. The average molecular weight is 345 g/mol. The number of alkyl halides is 1. The van der Waals surface area contributed by atoms with E-state index in [9.17, 15) is 0 Å². The van der Waals surface area contributed by atoms with E-state index in [2.05, 4.69) is 54.2 Å². The van der Waals surface area contributed by atoms with Crippen molar-refractivity contribution in [3.05, 3.63) is 38.2 Å². The summed E-state index contributed by atoms with van der Waals surface area (Å²) in [4.78, 5) is 4.21. The fourth-order valence-electron chi connectivity index (χ4n) is 1.68. The third-order valence-electron chi connectivity index (χ3n) is 2.72. The molecule has 0 N–H and O–H groups in total. The first-order valence-electron chi connectivity index (χ1n) is 5.79. The Hall–Kier alpha value is -0.320. The van der Waals surface area contributed by atoms with E-state index < -0.39 is 0 Å². The lowest BCUT2D eigenvalue weighted by molar-refractivity contribution is 0.413. The van der Waals surface area contributed by atoms with Gasteiger partial charge in [0.1, 0.15) is 5.75 Å². The number of rotatable bonds is 3. The second-order valence-corrected chi connectivity index (χ2v) is 8.15. The molecule has 2 aromatic heterocycles. The molecule has 0 saturated heterocycles. The normalized spacial score (nSPS) is 13.6. The van der Waals surface area contributed by atoms with Crippen LogP contribution < -0.4 is 4.74 Å². The average Bonchev–Trinajstić information content (AvgIpc) is 2.96. The smallest absolute Gasteiger partial charge is 0.134 e. The maximum Gasteiger partial charge on any atom is 0.134 e. The highest BCUT2D eigenvalue weighted by molar-refractivity contribution is 9.09. The SMILES string of the molecule is COc1ccsc1C(Br)c1ccc(C(C)(C)C)s1. The van der Waals surface area contributed by atoms with Gasteiger partial charge in [-0.2, -0.15) is 0 Å². The molecule has 1 nitrogen and oxygen atoms in total. The van der Waals surface area contributed by atoms with E-state index in [0.717, 1.165) is 5.75 Å². The van der Waals surface area contributed by atoms with Crippen LogP contribution in [0.2, 0.25) is 0 Å². The van der Waals surface area contributed by atoms with Gasteiger partial charge in [-0.05, 0) is 29.0 Å². The molecule has 0 spiro atoms. The van der Waals surface area contributed by atoms with Crippen molar-refractivity contribution in [3.63, 3.8) is 0 Å². The first-order valence-corrected chi connectivity index (χ1v) is 8.40. The molecule has 0 radical (unpaired) electrons.